The molecule has 0 saturated carbocycles. The molecule has 6 heteroatoms. The van der Waals surface area contributed by atoms with E-state index in [1.807, 2.05) is 23.8 Å². The van der Waals surface area contributed by atoms with Gasteiger partial charge >= 0.3 is 0 Å². The van der Waals surface area contributed by atoms with Crippen molar-refractivity contribution in [1.82, 2.24) is 4.57 Å². The number of hydrogen-bond donors (Lipinski definition) is 1. The van der Waals surface area contributed by atoms with E-state index in [2.05, 4.69) is 6.07 Å². The van der Waals surface area contributed by atoms with Crippen molar-refractivity contribution in [1.29, 1.82) is 5.26 Å². The summed E-state index contributed by atoms with van der Waals surface area (Å²) in [5.74, 6) is 0.0291. The molecule has 5 nitrogen and oxygen atoms in total. The minimum atomic E-state index is -0.468. The summed E-state index contributed by atoms with van der Waals surface area (Å²) in [6.07, 6.45) is 0. The number of hydrogen-bond acceptors (Lipinski definition) is 5. The molecule has 0 bridgehead atoms. The van der Waals surface area contributed by atoms with Gasteiger partial charge in [-0.05, 0) is 29.3 Å². The molecule has 1 atom stereocenters. The standard InChI is InChI=1S/C15H13N3O2S/c1-8-5-11-13(15(19)18(8)2)12(9-3-4-21-7-9)10(6-16)14(17)20-11/h3-5,7,12H,17H2,1-2H3/t12-/m0/s1. The molecule has 0 aliphatic carbocycles. The number of thiophene rings is 1. The van der Waals surface area contributed by atoms with Gasteiger partial charge in [-0.2, -0.15) is 16.6 Å². The van der Waals surface area contributed by atoms with Gasteiger partial charge in [0.2, 0.25) is 5.88 Å². The highest BCUT2D eigenvalue weighted by molar-refractivity contribution is 7.08. The van der Waals surface area contributed by atoms with Gasteiger partial charge in [-0.3, -0.25) is 4.79 Å². The Morgan fingerprint density at radius 1 is 1.52 bits per heavy atom. The van der Waals surface area contributed by atoms with Gasteiger partial charge in [-0.15, -0.1) is 0 Å². The first-order chi connectivity index (χ1) is 10.0. The van der Waals surface area contributed by atoms with E-state index in [9.17, 15) is 10.1 Å². The number of ether oxygens (including phenoxy) is 1. The fraction of sp³-hybridized carbons (Fsp3) is 0.200. The molecule has 0 unspecified atom stereocenters. The lowest BCUT2D eigenvalue weighted by Crippen LogP contribution is -2.31. The van der Waals surface area contributed by atoms with Crippen LogP contribution in [-0.2, 0) is 7.05 Å². The van der Waals surface area contributed by atoms with Crippen LogP contribution in [0.2, 0.25) is 0 Å². The molecule has 0 amide bonds. The number of nitriles is 1. The Kier molecular flexibility index (Phi) is 3.07. The van der Waals surface area contributed by atoms with Crippen LogP contribution >= 0.6 is 11.3 Å². The fourth-order valence-electron chi connectivity index (χ4n) is 2.51. The number of pyridine rings is 1. The molecule has 2 aromatic rings. The molecule has 106 valence electrons. The van der Waals surface area contributed by atoms with Crippen molar-refractivity contribution >= 4 is 11.3 Å². The number of rotatable bonds is 1. The summed E-state index contributed by atoms with van der Waals surface area (Å²) in [6.45, 7) is 1.82. The van der Waals surface area contributed by atoms with E-state index >= 15 is 0 Å². The number of aromatic nitrogens is 1. The van der Waals surface area contributed by atoms with E-state index < -0.39 is 5.92 Å². The van der Waals surface area contributed by atoms with Gasteiger partial charge in [0.25, 0.3) is 5.56 Å². The molecular formula is C15H13N3O2S. The first-order valence-electron chi connectivity index (χ1n) is 6.34. The van der Waals surface area contributed by atoms with E-state index in [0.29, 0.717) is 11.3 Å². The molecule has 3 heterocycles. The van der Waals surface area contributed by atoms with E-state index in [1.54, 1.807) is 17.7 Å². The number of aryl methyl sites for hydroxylation is 1. The zero-order valence-corrected chi connectivity index (χ0v) is 12.4. The molecule has 1 aliphatic rings. The maximum absolute atomic E-state index is 12.6. The van der Waals surface area contributed by atoms with Crippen LogP contribution in [-0.4, -0.2) is 4.57 Å². The molecule has 0 radical (unpaired) electrons. The maximum atomic E-state index is 12.6. The Morgan fingerprint density at radius 2 is 2.29 bits per heavy atom. The third kappa shape index (κ3) is 1.94. The summed E-state index contributed by atoms with van der Waals surface area (Å²) < 4.78 is 7.06. The van der Waals surface area contributed by atoms with Crippen molar-refractivity contribution < 1.29 is 4.74 Å². The van der Waals surface area contributed by atoms with E-state index in [-0.39, 0.29) is 17.0 Å². The summed E-state index contributed by atoms with van der Waals surface area (Å²) in [5, 5.41) is 13.2. The molecule has 0 saturated heterocycles. The lowest BCUT2D eigenvalue weighted by molar-refractivity contribution is 0.389. The molecular weight excluding hydrogens is 286 g/mol. The first-order valence-corrected chi connectivity index (χ1v) is 7.29. The number of nitrogens with two attached hydrogens (primary N) is 1. The predicted octanol–water partition coefficient (Wildman–Crippen LogP) is 1.97. The smallest absolute Gasteiger partial charge is 0.258 e. The average molecular weight is 299 g/mol. The van der Waals surface area contributed by atoms with Crippen LogP contribution in [0.3, 0.4) is 0 Å². The van der Waals surface area contributed by atoms with Gasteiger partial charge in [0.15, 0.2) is 0 Å². The van der Waals surface area contributed by atoms with Gasteiger partial charge < -0.3 is 15.0 Å². The third-order valence-electron chi connectivity index (χ3n) is 3.73. The Morgan fingerprint density at radius 3 is 2.90 bits per heavy atom. The Labute approximate surface area is 125 Å². The van der Waals surface area contributed by atoms with Crippen LogP contribution in [0, 0.1) is 18.3 Å². The van der Waals surface area contributed by atoms with Crippen molar-refractivity contribution in [2.24, 2.45) is 12.8 Å². The molecule has 3 rings (SSSR count). The molecule has 0 spiro atoms. The highest BCUT2D eigenvalue weighted by atomic mass is 32.1. The van der Waals surface area contributed by atoms with E-state index in [1.165, 1.54) is 11.3 Å². The third-order valence-corrected chi connectivity index (χ3v) is 4.43. The van der Waals surface area contributed by atoms with Gasteiger partial charge in [0.05, 0.1) is 11.5 Å². The zero-order chi connectivity index (χ0) is 15.1. The van der Waals surface area contributed by atoms with Gasteiger partial charge in [-0.1, -0.05) is 0 Å². The minimum absolute atomic E-state index is 0.0638. The quantitative estimate of drug-likeness (QED) is 0.873. The lowest BCUT2D eigenvalue weighted by atomic mass is 9.85. The van der Waals surface area contributed by atoms with Crippen molar-refractivity contribution in [2.75, 3.05) is 0 Å². The summed E-state index contributed by atoms with van der Waals surface area (Å²) >= 11 is 1.51. The molecule has 2 N–H and O–H groups in total. The van der Waals surface area contributed by atoms with Crippen LogP contribution in [0.15, 0.2) is 39.1 Å². The number of fused-ring (bicyclic) bond motifs is 1. The van der Waals surface area contributed by atoms with Crippen molar-refractivity contribution in [2.45, 2.75) is 12.8 Å². The largest absolute Gasteiger partial charge is 0.440 e. The number of nitrogens with zero attached hydrogens (tertiary/aromatic N) is 2. The highest BCUT2D eigenvalue weighted by Crippen LogP contribution is 2.40. The topological polar surface area (TPSA) is 81.0 Å². The van der Waals surface area contributed by atoms with Crippen molar-refractivity contribution in [3.8, 4) is 11.8 Å². The molecule has 0 fully saturated rings. The lowest BCUT2D eigenvalue weighted by Gasteiger charge is -2.26. The Bertz CT molecular complexity index is 841. The van der Waals surface area contributed by atoms with Crippen molar-refractivity contribution in [3.63, 3.8) is 0 Å². The second kappa shape index (κ2) is 4.79. The summed E-state index contributed by atoms with van der Waals surface area (Å²) in [4.78, 5) is 12.6. The monoisotopic (exact) mass is 299 g/mol. The molecule has 1 aliphatic heterocycles. The molecule has 21 heavy (non-hydrogen) atoms. The van der Waals surface area contributed by atoms with Gasteiger partial charge in [0.1, 0.15) is 17.4 Å². The molecule has 0 aromatic carbocycles. The minimum Gasteiger partial charge on any atom is -0.440 e. The van der Waals surface area contributed by atoms with Crippen LogP contribution in [0.4, 0.5) is 0 Å². The zero-order valence-electron chi connectivity index (χ0n) is 11.6. The van der Waals surface area contributed by atoms with Crippen molar-refractivity contribution in [3.05, 3.63) is 61.5 Å². The van der Waals surface area contributed by atoms with Gasteiger partial charge in [-0.25, -0.2) is 0 Å². The van der Waals surface area contributed by atoms with Crippen LogP contribution in [0.25, 0.3) is 0 Å². The summed E-state index contributed by atoms with van der Waals surface area (Å²) in [5.41, 5.74) is 8.10. The average Bonchev–Trinajstić information content (AvgIpc) is 2.97. The molecule has 2 aromatic heterocycles. The SMILES string of the molecule is Cc1cc2c(c(=O)n1C)[C@@H](c1ccsc1)C(C#N)=C(N)O2. The van der Waals surface area contributed by atoms with E-state index in [0.717, 1.165) is 11.3 Å². The first kappa shape index (κ1) is 13.5. The van der Waals surface area contributed by atoms with Crippen LogP contribution in [0.5, 0.6) is 5.75 Å². The van der Waals surface area contributed by atoms with Crippen LogP contribution in [0.1, 0.15) is 22.7 Å². The second-order valence-corrected chi connectivity index (χ2v) is 5.69. The normalized spacial score (nSPS) is 17.1. The highest BCUT2D eigenvalue weighted by Gasteiger charge is 2.34. The number of allylic oxidation sites excluding steroid dienone is 1. The Balaban J connectivity index is 2.36. The second-order valence-electron chi connectivity index (χ2n) is 4.91. The fourth-order valence-corrected chi connectivity index (χ4v) is 3.20. The predicted molar refractivity (Wildman–Crippen MR) is 80.0 cm³/mol. The Hall–Kier alpha value is -2.52. The van der Waals surface area contributed by atoms with E-state index in [4.69, 9.17) is 10.5 Å². The van der Waals surface area contributed by atoms with Gasteiger partial charge in [0, 0.05) is 18.8 Å². The summed E-state index contributed by atoms with van der Waals surface area (Å²) in [7, 11) is 1.70. The maximum Gasteiger partial charge on any atom is 0.258 e. The summed E-state index contributed by atoms with van der Waals surface area (Å²) in [6, 6.07) is 5.75. The van der Waals surface area contributed by atoms with Crippen LogP contribution < -0.4 is 16.0 Å².